The van der Waals surface area contributed by atoms with Gasteiger partial charge in [0.2, 0.25) is 0 Å². The molecule has 0 aliphatic carbocycles. The molecule has 1 rings (SSSR count). The summed E-state index contributed by atoms with van der Waals surface area (Å²) in [5.41, 5.74) is 1.30. The summed E-state index contributed by atoms with van der Waals surface area (Å²) in [6, 6.07) is 4.44. The summed E-state index contributed by atoms with van der Waals surface area (Å²) in [6.45, 7) is 4.01. The molecule has 0 spiro atoms. The second-order valence-corrected chi connectivity index (χ2v) is 3.40. The number of benzene rings is 1. The highest BCUT2D eigenvalue weighted by molar-refractivity contribution is 5.57. The fraction of sp³-hybridized carbons (Fsp3) is 0.273. The van der Waals surface area contributed by atoms with E-state index in [1.165, 1.54) is 12.1 Å². The monoisotopic (exact) mass is 222 g/mol. The standard InChI is InChI=1S/C11H14N2O3/c1-3-6-12(2)11-5-4-10(13(15)16)7-9(11)8-14/h3-5,7,14H,1,6,8H2,2H3. The molecule has 0 fully saturated rings. The Morgan fingerprint density at radius 1 is 1.62 bits per heavy atom. The number of nitro groups is 1. The first-order chi connectivity index (χ1) is 7.60. The van der Waals surface area contributed by atoms with Gasteiger partial charge in [0.1, 0.15) is 0 Å². The Kier molecular flexibility index (Phi) is 4.02. The van der Waals surface area contributed by atoms with Gasteiger partial charge in [0.15, 0.2) is 0 Å². The second kappa shape index (κ2) is 5.27. The zero-order valence-corrected chi connectivity index (χ0v) is 9.09. The number of hydrogen-bond acceptors (Lipinski definition) is 4. The van der Waals surface area contributed by atoms with E-state index in [9.17, 15) is 10.1 Å². The molecule has 0 bridgehead atoms. The molecule has 0 saturated carbocycles. The maximum atomic E-state index is 10.6. The molecule has 16 heavy (non-hydrogen) atoms. The van der Waals surface area contributed by atoms with Crippen molar-refractivity contribution in [3.05, 3.63) is 46.5 Å². The second-order valence-electron chi connectivity index (χ2n) is 3.40. The molecule has 1 N–H and O–H groups in total. The van der Waals surface area contributed by atoms with Crippen LogP contribution in [0.3, 0.4) is 0 Å². The molecule has 5 heteroatoms. The van der Waals surface area contributed by atoms with Crippen molar-refractivity contribution in [3.63, 3.8) is 0 Å². The molecular weight excluding hydrogens is 208 g/mol. The van der Waals surface area contributed by atoms with Gasteiger partial charge >= 0.3 is 0 Å². The third-order valence-electron chi connectivity index (χ3n) is 2.26. The Hall–Kier alpha value is -1.88. The largest absolute Gasteiger partial charge is 0.392 e. The number of rotatable bonds is 5. The lowest BCUT2D eigenvalue weighted by Crippen LogP contribution is -2.18. The average Bonchev–Trinajstić information content (AvgIpc) is 2.28. The van der Waals surface area contributed by atoms with E-state index in [1.54, 1.807) is 12.1 Å². The zero-order chi connectivity index (χ0) is 12.1. The molecule has 0 aliphatic heterocycles. The van der Waals surface area contributed by atoms with Crippen LogP contribution in [0.25, 0.3) is 0 Å². The van der Waals surface area contributed by atoms with Crippen molar-refractivity contribution in [2.24, 2.45) is 0 Å². The Morgan fingerprint density at radius 2 is 2.31 bits per heavy atom. The van der Waals surface area contributed by atoms with Crippen LogP contribution in [-0.2, 0) is 6.61 Å². The van der Waals surface area contributed by atoms with E-state index in [2.05, 4.69) is 6.58 Å². The van der Waals surface area contributed by atoms with Gasteiger partial charge in [-0.1, -0.05) is 6.08 Å². The number of non-ortho nitro benzene ring substituents is 1. The molecule has 5 nitrogen and oxygen atoms in total. The van der Waals surface area contributed by atoms with Crippen LogP contribution in [-0.4, -0.2) is 23.6 Å². The van der Waals surface area contributed by atoms with Gasteiger partial charge in [0.25, 0.3) is 5.69 Å². The van der Waals surface area contributed by atoms with E-state index >= 15 is 0 Å². The molecule has 0 aromatic heterocycles. The van der Waals surface area contributed by atoms with Crippen LogP contribution in [0.1, 0.15) is 5.56 Å². The predicted octanol–water partition coefficient (Wildman–Crippen LogP) is 1.71. The van der Waals surface area contributed by atoms with Crippen molar-refractivity contribution in [1.82, 2.24) is 0 Å². The van der Waals surface area contributed by atoms with Crippen LogP contribution in [0.15, 0.2) is 30.9 Å². The smallest absolute Gasteiger partial charge is 0.269 e. The van der Waals surface area contributed by atoms with Gasteiger partial charge in [-0.25, -0.2) is 0 Å². The molecule has 0 amide bonds. The third-order valence-corrected chi connectivity index (χ3v) is 2.26. The summed E-state index contributed by atoms with van der Waals surface area (Å²) in [4.78, 5) is 12.0. The summed E-state index contributed by atoms with van der Waals surface area (Å²) in [5.74, 6) is 0. The molecule has 0 radical (unpaired) electrons. The lowest BCUT2D eigenvalue weighted by Gasteiger charge is -2.19. The predicted molar refractivity (Wildman–Crippen MR) is 62.5 cm³/mol. The summed E-state index contributed by atoms with van der Waals surface area (Å²) >= 11 is 0. The van der Waals surface area contributed by atoms with Crippen molar-refractivity contribution in [2.45, 2.75) is 6.61 Å². The highest BCUT2D eigenvalue weighted by Crippen LogP contribution is 2.24. The van der Waals surface area contributed by atoms with Gasteiger partial charge in [0, 0.05) is 37.0 Å². The highest BCUT2D eigenvalue weighted by atomic mass is 16.6. The van der Waals surface area contributed by atoms with Gasteiger partial charge < -0.3 is 10.0 Å². The minimum atomic E-state index is -0.476. The molecule has 1 aromatic rings. The number of aliphatic hydroxyl groups is 1. The topological polar surface area (TPSA) is 66.6 Å². The molecule has 0 heterocycles. The number of hydrogen-bond donors (Lipinski definition) is 1. The fourth-order valence-corrected chi connectivity index (χ4v) is 1.48. The van der Waals surface area contributed by atoms with Crippen molar-refractivity contribution >= 4 is 11.4 Å². The number of nitro benzene ring substituents is 1. The SMILES string of the molecule is C=CCN(C)c1ccc([N+](=O)[O-])cc1CO. The molecule has 1 aromatic carbocycles. The van der Waals surface area contributed by atoms with Crippen LogP contribution in [0.2, 0.25) is 0 Å². The van der Waals surface area contributed by atoms with Gasteiger partial charge in [-0.2, -0.15) is 0 Å². The van der Waals surface area contributed by atoms with Crippen LogP contribution in [0.4, 0.5) is 11.4 Å². The van der Waals surface area contributed by atoms with Crippen molar-refractivity contribution in [3.8, 4) is 0 Å². The van der Waals surface area contributed by atoms with E-state index < -0.39 is 4.92 Å². The summed E-state index contributed by atoms with van der Waals surface area (Å²) in [7, 11) is 1.84. The lowest BCUT2D eigenvalue weighted by atomic mass is 10.1. The number of nitrogens with zero attached hydrogens (tertiary/aromatic N) is 2. The summed E-state index contributed by atoms with van der Waals surface area (Å²) < 4.78 is 0. The zero-order valence-electron chi connectivity index (χ0n) is 9.09. The van der Waals surface area contributed by atoms with Crippen molar-refractivity contribution in [2.75, 3.05) is 18.5 Å². The first kappa shape index (κ1) is 12.2. The molecule has 0 saturated heterocycles. The number of anilines is 1. The van der Waals surface area contributed by atoms with Crippen LogP contribution < -0.4 is 4.90 Å². The van der Waals surface area contributed by atoms with Gasteiger partial charge in [-0.15, -0.1) is 6.58 Å². The normalized spacial score (nSPS) is 9.88. The summed E-state index contributed by atoms with van der Waals surface area (Å²) in [6.07, 6.45) is 1.72. The quantitative estimate of drug-likeness (QED) is 0.468. The van der Waals surface area contributed by atoms with E-state index in [0.717, 1.165) is 5.69 Å². The third kappa shape index (κ3) is 2.58. The molecule has 0 unspecified atom stereocenters. The lowest BCUT2D eigenvalue weighted by molar-refractivity contribution is -0.384. The maximum absolute atomic E-state index is 10.6. The Labute approximate surface area is 93.8 Å². The maximum Gasteiger partial charge on any atom is 0.269 e. The van der Waals surface area contributed by atoms with Crippen LogP contribution in [0, 0.1) is 10.1 Å². The molecule has 0 atom stereocenters. The van der Waals surface area contributed by atoms with Crippen molar-refractivity contribution in [1.29, 1.82) is 0 Å². The van der Waals surface area contributed by atoms with E-state index in [-0.39, 0.29) is 12.3 Å². The average molecular weight is 222 g/mol. The molecule has 0 aliphatic rings. The minimum absolute atomic E-state index is 0.0141. The van der Waals surface area contributed by atoms with Crippen molar-refractivity contribution < 1.29 is 10.0 Å². The minimum Gasteiger partial charge on any atom is -0.392 e. The molecular formula is C11H14N2O3. The van der Waals surface area contributed by atoms with E-state index in [0.29, 0.717) is 12.1 Å². The molecule has 86 valence electrons. The Balaban J connectivity index is 3.10. The highest BCUT2D eigenvalue weighted by Gasteiger charge is 2.12. The van der Waals surface area contributed by atoms with Gasteiger partial charge in [-0.05, 0) is 6.07 Å². The van der Waals surface area contributed by atoms with Crippen LogP contribution >= 0.6 is 0 Å². The first-order valence-electron chi connectivity index (χ1n) is 4.80. The number of aliphatic hydroxyl groups excluding tert-OH is 1. The Morgan fingerprint density at radius 3 is 2.81 bits per heavy atom. The first-order valence-corrected chi connectivity index (χ1v) is 4.80. The number of likely N-dealkylation sites (N-methyl/N-ethyl adjacent to an activating group) is 1. The van der Waals surface area contributed by atoms with E-state index in [1.807, 2.05) is 11.9 Å². The van der Waals surface area contributed by atoms with Gasteiger partial charge in [-0.3, -0.25) is 10.1 Å². The summed E-state index contributed by atoms with van der Waals surface area (Å²) in [5, 5.41) is 19.7. The Bertz CT molecular complexity index is 404. The van der Waals surface area contributed by atoms with E-state index in [4.69, 9.17) is 5.11 Å². The fourth-order valence-electron chi connectivity index (χ4n) is 1.48. The van der Waals surface area contributed by atoms with Gasteiger partial charge in [0.05, 0.1) is 11.5 Å². The van der Waals surface area contributed by atoms with Crippen LogP contribution in [0.5, 0.6) is 0 Å².